The SMILES string of the molecule is CBr.FC1CCCCC1. The maximum absolute atomic E-state index is 12.2. The van der Waals surface area contributed by atoms with Gasteiger partial charge in [0, 0.05) is 0 Å². The fourth-order valence-corrected chi connectivity index (χ4v) is 1.05. The Morgan fingerprint density at radius 3 is 1.78 bits per heavy atom. The summed E-state index contributed by atoms with van der Waals surface area (Å²) in [6.45, 7) is 0. The molecule has 56 valence electrons. The van der Waals surface area contributed by atoms with E-state index in [4.69, 9.17) is 0 Å². The van der Waals surface area contributed by atoms with Crippen LogP contribution in [-0.4, -0.2) is 12.0 Å². The molecule has 0 spiro atoms. The van der Waals surface area contributed by atoms with E-state index in [-0.39, 0.29) is 0 Å². The summed E-state index contributed by atoms with van der Waals surface area (Å²) >= 11 is 2.94. The van der Waals surface area contributed by atoms with Crippen LogP contribution < -0.4 is 0 Å². The van der Waals surface area contributed by atoms with Crippen LogP contribution in [0.5, 0.6) is 0 Å². The fraction of sp³-hybridized carbons (Fsp3) is 1.00. The predicted octanol–water partition coefficient (Wildman–Crippen LogP) is 3.30. The summed E-state index contributed by atoms with van der Waals surface area (Å²) in [5.74, 6) is 1.81. The first kappa shape index (κ1) is 9.41. The lowest BCUT2D eigenvalue weighted by Crippen LogP contribution is -2.04. The molecule has 0 amide bonds. The second-order valence-corrected chi connectivity index (χ2v) is 2.24. The van der Waals surface area contributed by atoms with Gasteiger partial charge in [-0.3, -0.25) is 0 Å². The van der Waals surface area contributed by atoms with Gasteiger partial charge >= 0.3 is 0 Å². The third kappa shape index (κ3) is 4.89. The lowest BCUT2D eigenvalue weighted by Gasteiger charge is -2.12. The monoisotopic (exact) mass is 196 g/mol. The van der Waals surface area contributed by atoms with Gasteiger partial charge in [-0.15, -0.1) is 0 Å². The van der Waals surface area contributed by atoms with Crippen LogP contribution >= 0.6 is 15.9 Å². The highest BCUT2D eigenvalue weighted by Gasteiger charge is 2.09. The Hall–Kier alpha value is 0.410. The Kier molecular flexibility index (Phi) is 6.83. The van der Waals surface area contributed by atoms with Crippen LogP contribution in [0.2, 0.25) is 0 Å². The lowest BCUT2D eigenvalue weighted by molar-refractivity contribution is 0.251. The van der Waals surface area contributed by atoms with Crippen molar-refractivity contribution >= 4 is 15.9 Å². The molecular formula is C7H14BrF. The smallest absolute Gasteiger partial charge is 0.100 e. The molecule has 2 heteroatoms. The largest absolute Gasteiger partial charge is 0.247 e. The van der Waals surface area contributed by atoms with Crippen molar-refractivity contribution in [1.82, 2.24) is 0 Å². The first-order valence-corrected chi connectivity index (χ1v) is 5.00. The molecule has 0 aliphatic heterocycles. The second-order valence-electron chi connectivity index (χ2n) is 2.24. The first-order chi connectivity index (χ1) is 4.39. The van der Waals surface area contributed by atoms with E-state index < -0.39 is 6.17 Å². The highest BCUT2D eigenvalue weighted by Crippen LogP contribution is 2.19. The summed E-state index contributed by atoms with van der Waals surface area (Å²) in [6, 6.07) is 0. The number of rotatable bonds is 0. The van der Waals surface area contributed by atoms with Gasteiger partial charge in [0.1, 0.15) is 6.17 Å². The van der Waals surface area contributed by atoms with Gasteiger partial charge in [-0.1, -0.05) is 35.2 Å². The molecule has 0 N–H and O–H groups in total. The standard InChI is InChI=1S/C6H11F.CH3Br/c7-6-4-2-1-3-5-6;1-2/h6H,1-5H2;1H3. The Morgan fingerprint density at radius 2 is 1.56 bits per heavy atom. The first-order valence-electron chi connectivity index (χ1n) is 3.41. The van der Waals surface area contributed by atoms with Gasteiger partial charge in [0.05, 0.1) is 0 Å². The van der Waals surface area contributed by atoms with Crippen molar-refractivity contribution < 1.29 is 4.39 Å². The number of hydrogen-bond acceptors (Lipinski definition) is 0. The summed E-state index contributed by atoms with van der Waals surface area (Å²) in [6.07, 6.45) is 4.65. The summed E-state index contributed by atoms with van der Waals surface area (Å²) in [4.78, 5) is 0. The van der Waals surface area contributed by atoms with Gasteiger partial charge in [-0.2, -0.15) is 0 Å². The van der Waals surface area contributed by atoms with Crippen LogP contribution in [0.15, 0.2) is 0 Å². The molecule has 1 aliphatic carbocycles. The van der Waals surface area contributed by atoms with Crippen LogP contribution in [-0.2, 0) is 0 Å². The minimum Gasteiger partial charge on any atom is -0.247 e. The topological polar surface area (TPSA) is 0 Å². The maximum atomic E-state index is 12.2. The fourth-order valence-electron chi connectivity index (χ4n) is 1.05. The maximum Gasteiger partial charge on any atom is 0.100 e. The molecule has 0 radical (unpaired) electrons. The predicted molar refractivity (Wildman–Crippen MR) is 42.8 cm³/mol. The van der Waals surface area contributed by atoms with E-state index >= 15 is 0 Å². The molecule has 0 heterocycles. The molecule has 9 heavy (non-hydrogen) atoms. The quantitative estimate of drug-likeness (QED) is 0.522. The summed E-state index contributed by atoms with van der Waals surface area (Å²) in [5, 5.41) is 0. The molecule has 1 aliphatic rings. The van der Waals surface area contributed by atoms with Crippen LogP contribution in [0.3, 0.4) is 0 Å². The van der Waals surface area contributed by atoms with Crippen molar-refractivity contribution in [2.24, 2.45) is 0 Å². The normalized spacial score (nSPS) is 20.3. The molecule has 0 unspecified atom stereocenters. The summed E-state index contributed by atoms with van der Waals surface area (Å²) < 4.78 is 12.2. The van der Waals surface area contributed by atoms with Crippen LogP contribution in [0.1, 0.15) is 32.1 Å². The Bertz CT molecular complexity index is 50.9. The Balaban J connectivity index is 0.000000291. The van der Waals surface area contributed by atoms with Crippen LogP contribution in [0, 0.1) is 0 Å². The third-order valence-corrected chi connectivity index (χ3v) is 1.53. The molecule has 1 saturated carbocycles. The number of hydrogen-bond donors (Lipinski definition) is 0. The van der Waals surface area contributed by atoms with Crippen molar-refractivity contribution in [2.45, 2.75) is 38.3 Å². The highest BCUT2D eigenvalue weighted by atomic mass is 79.9. The van der Waals surface area contributed by atoms with Crippen LogP contribution in [0.4, 0.5) is 4.39 Å². The molecule has 1 fully saturated rings. The van der Waals surface area contributed by atoms with E-state index in [0.29, 0.717) is 0 Å². The number of halogens is 2. The van der Waals surface area contributed by atoms with Crippen molar-refractivity contribution in [1.29, 1.82) is 0 Å². The molecule has 0 saturated heterocycles. The third-order valence-electron chi connectivity index (χ3n) is 1.53. The Morgan fingerprint density at radius 1 is 1.11 bits per heavy atom. The van der Waals surface area contributed by atoms with Crippen molar-refractivity contribution in [3.05, 3.63) is 0 Å². The minimum atomic E-state index is -0.464. The van der Waals surface area contributed by atoms with Gasteiger partial charge in [0.2, 0.25) is 0 Å². The van der Waals surface area contributed by atoms with E-state index in [1.165, 1.54) is 6.42 Å². The molecular weight excluding hydrogens is 183 g/mol. The Labute approximate surface area is 65.0 Å². The van der Waals surface area contributed by atoms with Gasteiger partial charge in [0.15, 0.2) is 0 Å². The zero-order chi connectivity index (χ0) is 7.11. The van der Waals surface area contributed by atoms with Gasteiger partial charge in [0.25, 0.3) is 0 Å². The molecule has 0 aromatic carbocycles. The highest BCUT2D eigenvalue weighted by molar-refractivity contribution is 9.08. The van der Waals surface area contributed by atoms with E-state index in [9.17, 15) is 4.39 Å². The minimum absolute atomic E-state index is 0.464. The van der Waals surface area contributed by atoms with Crippen LogP contribution in [0.25, 0.3) is 0 Å². The molecule has 0 bridgehead atoms. The molecule has 0 aromatic heterocycles. The van der Waals surface area contributed by atoms with E-state index in [1.807, 2.05) is 5.83 Å². The van der Waals surface area contributed by atoms with Gasteiger partial charge in [-0.25, -0.2) is 4.39 Å². The zero-order valence-corrected chi connectivity index (χ0v) is 7.45. The second kappa shape index (κ2) is 6.53. The number of alkyl halides is 2. The lowest BCUT2D eigenvalue weighted by atomic mass is 9.99. The average molecular weight is 197 g/mol. The molecule has 1 rings (SSSR count). The van der Waals surface area contributed by atoms with E-state index in [0.717, 1.165) is 25.7 Å². The van der Waals surface area contributed by atoms with Crippen molar-refractivity contribution in [3.8, 4) is 0 Å². The summed E-state index contributed by atoms with van der Waals surface area (Å²) in [5.41, 5.74) is 0. The van der Waals surface area contributed by atoms with Gasteiger partial charge in [-0.05, 0) is 18.7 Å². The average Bonchev–Trinajstić information content (AvgIpc) is 1.94. The molecule has 0 aromatic rings. The van der Waals surface area contributed by atoms with E-state index in [2.05, 4.69) is 15.9 Å². The van der Waals surface area contributed by atoms with Gasteiger partial charge < -0.3 is 0 Å². The zero-order valence-electron chi connectivity index (χ0n) is 5.87. The van der Waals surface area contributed by atoms with Crippen molar-refractivity contribution in [3.63, 3.8) is 0 Å². The molecule has 0 nitrogen and oxygen atoms in total. The summed E-state index contributed by atoms with van der Waals surface area (Å²) in [7, 11) is 0. The van der Waals surface area contributed by atoms with E-state index in [1.54, 1.807) is 0 Å². The molecule has 0 atom stereocenters. The van der Waals surface area contributed by atoms with Crippen molar-refractivity contribution in [2.75, 3.05) is 5.83 Å².